The molecule has 1 N–H and O–H groups in total. The van der Waals surface area contributed by atoms with Crippen molar-refractivity contribution in [2.45, 2.75) is 44.2 Å². The van der Waals surface area contributed by atoms with Gasteiger partial charge in [-0.15, -0.1) is 0 Å². The average Bonchev–Trinajstić information content (AvgIpc) is 3.41. The topological polar surface area (TPSA) is 58.6 Å². The van der Waals surface area contributed by atoms with E-state index in [1.54, 1.807) is 6.08 Å². The second-order valence-corrected chi connectivity index (χ2v) is 7.29. The molecule has 26 heavy (non-hydrogen) atoms. The number of likely N-dealkylation sites (tertiary alicyclic amines) is 1. The lowest BCUT2D eigenvalue weighted by Gasteiger charge is -2.30. The molecule has 1 amide bonds. The van der Waals surface area contributed by atoms with E-state index < -0.39 is 0 Å². The number of methoxy groups -OCH3 is 1. The summed E-state index contributed by atoms with van der Waals surface area (Å²) in [5.41, 5.74) is 1.01. The van der Waals surface area contributed by atoms with Crippen molar-refractivity contribution in [2.24, 2.45) is 5.92 Å². The Morgan fingerprint density at radius 2 is 1.88 bits per heavy atom. The molecule has 140 valence electrons. The Labute approximate surface area is 155 Å². The summed E-state index contributed by atoms with van der Waals surface area (Å²) in [6.07, 6.45) is 8.41. The van der Waals surface area contributed by atoms with Crippen molar-refractivity contribution < 1.29 is 14.3 Å². The van der Waals surface area contributed by atoms with Gasteiger partial charge in [0.1, 0.15) is 0 Å². The molecule has 1 aliphatic carbocycles. The van der Waals surface area contributed by atoms with Crippen LogP contribution in [0, 0.1) is 5.92 Å². The van der Waals surface area contributed by atoms with E-state index in [9.17, 15) is 9.59 Å². The van der Waals surface area contributed by atoms with Crippen molar-refractivity contribution in [3.63, 3.8) is 0 Å². The van der Waals surface area contributed by atoms with E-state index in [1.165, 1.54) is 20.0 Å². The van der Waals surface area contributed by atoms with E-state index in [0.717, 1.165) is 30.9 Å². The molecule has 0 unspecified atom stereocenters. The summed E-state index contributed by atoms with van der Waals surface area (Å²) >= 11 is 0. The first kappa shape index (κ1) is 18.6. The Bertz CT molecular complexity index is 640. The maximum Gasteiger partial charge on any atom is 0.307 e. The minimum atomic E-state index is -0.147. The lowest BCUT2D eigenvalue weighted by Crippen LogP contribution is -2.44. The molecule has 3 rings (SSSR count). The van der Waals surface area contributed by atoms with E-state index in [-0.39, 0.29) is 17.9 Å². The Balaban J connectivity index is 1.51. The molecule has 2 atom stereocenters. The van der Waals surface area contributed by atoms with Gasteiger partial charge in [-0.2, -0.15) is 0 Å². The zero-order valence-electron chi connectivity index (χ0n) is 15.4. The average molecular weight is 356 g/mol. The van der Waals surface area contributed by atoms with Gasteiger partial charge in [0.15, 0.2) is 0 Å². The summed E-state index contributed by atoms with van der Waals surface area (Å²) in [6, 6.07) is 10.3. The number of carbonyl (C=O) groups is 2. The molecule has 2 fully saturated rings. The molecule has 1 saturated heterocycles. The van der Waals surface area contributed by atoms with Crippen molar-refractivity contribution in [1.82, 2.24) is 10.2 Å². The molecule has 1 aromatic carbocycles. The summed E-state index contributed by atoms with van der Waals surface area (Å²) in [5, 5.41) is 3.02. The molecule has 1 aliphatic heterocycles. The highest BCUT2D eigenvalue weighted by Gasteiger charge is 2.38. The molecule has 0 aromatic heterocycles. The van der Waals surface area contributed by atoms with Gasteiger partial charge in [-0.3, -0.25) is 14.5 Å². The third kappa shape index (κ3) is 5.43. The van der Waals surface area contributed by atoms with Crippen molar-refractivity contribution in [1.29, 1.82) is 0 Å². The number of amides is 1. The Morgan fingerprint density at radius 3 is 2.58 bits per heavy atom. The minimum Gasteiger partial charge on any atom is -0.469 e. The SMILES string of the molecule is COC(=O)C[C@H]1CC[C@@H](CNC(=O)C=Cc2ccccc2)N1CC1CC1. The van der Waals surface area contributed by atoms with E-state index in [2.05, 4.69) is 10.2 Å². The lowest BCUT2D eigenvalue weighted by atomic mass is 10.1. The molecule has 0 bridgehead atoms. The van der Waals surface area contributed by atoms with E-state index >= 15 is 0 Å². The van der Waals surface area contributed by atoms with Crippen molar-refractivity contribution >= 4 is 18.0 Å². The first-order chi connectivity index (χ1) is 12.7. The first-order valence-electron chi connectivity index (χ1n) is 9.49. The number of nitrogens with zero attached hydrogens (tertiary/aromatic N) is 1. The molecule has 5 nitrogen and oxygen atoms in total. The highest BCUT2D eigenvalue weighted by Crippen LogP contribution is 2.35. The van der Waals surface area contributed by atoms with E-state index in [0.29, 0.717) is 19.0 Å². The van der Waals surface area contributed by atoms with Crippen LogP contribution in [0.15, 0.2) is 36.4 Å². The zero-order valence-corrected chi connectivity index (χ0v) is 15.4. The van der Waals surface area contributed by atoms with Crippen LogP contribution in [0.4, 0.5) is 0 Å². The third-order valence-corrected chi connectivity index (χ3v) is 5.31. The number of carbonyl (C=O) groups excluding carboxylic acids is 2. The Morgan fingerprint density at radius 1 is 1.15 bits per heavy atom. The largest absolute Gasteiger partial charge is 0.469 e. The maximum atomic E-state index is 12.1. The second kappa shape index (κ2) is 8.99. The molecular formula is C21H28N2O3. The van der Waals surface area contributed by atoms with Gasteiger partial charge in [0.05, 0.1) is 13.5 Å². The fourth-order valence-electron chi connectivity index (χ4n) is 3.64. The Kier molecular flexibility index (Phi) is 6.45. The lowest BCUT2D eigenvalue weighted by molar-refractivity contribution is -0.142. The van der Waals surface area contributed by atoms with Gasteiger partial charge in [-0.25, -0.2) is 0 Å². The molecule has 1 aromatic rings. The van der Waals surface area contributed by atoms with Gasteiger partial charge in [-0.05, 0) is 43.2 Å². The summed E-state index contributed by atoms with van der Waals surface area (Å²) in [4.78, 5) is 26.2. The van der Waals surface area contributed by atoms with Crippen LogP contribution in [0.25, 0.3) is 6.08 Å². The molecule has 0 radical (unpaired) electrons. The van der Waals surface area contributed by atoms with Crippen LogP contribution in [0.2, 0.25) is 0 Å². The van der Waals surface area contributed by atoms with Crippen molar-refractivity contribution in [3.05, 3.63) is 42.0 Å². The fraction of sp³-hybridized carbons (Fsp3) is 0.524. The molecule has 5 heteroatoms. The van der Waals surface area contributed by atoms with Crippen molar-refractivity contribution in [3.8, 4) is 0 Å². The number of esters is 1. The second-order valence-electron chi connectivity index (χ2n) is 7.29. The van der Waals surface area contributed by atoms with Gasteiger partial charge >= 0.3 is 5.97 Å². The third-order valence-electron chi connectivity index (χ3n) is 5.31. The fourth-order valence-corrected chi connectivity index (χ4v) is 3.64. The van der Waals surface area contributed by atoms with E-state index in [4.69, 9.17) is 4.74 Å². The monoisotopic (exact) mass is 356 g/mol. The quantitative estimate of drug-likeness (QED) is 0.575. The smallest absolute Gasteiger partial charge is 0.307 e. The van der Waals surface area contributed by atoms with Crippen LogP contribution in [0.3, 0.4) is 0 Å². The standard InChI is InChI=1S/C21H28N2O3/c1-26-21(25)13-18-10-11-19(23(18)15-17-7-8-17)14-22-20(24)12-9-16-5-3-2-4-6-16/h2-6,9,12,17-19H,7-8,10-11,13-15H2,1H3,(H,22,24)/t18-,19+/m1/s1. The van der Waals surface area contributed by atoms with E-state index in [1.807, 2.05) is 36.4 Å². The number of benzene rings is 1. The molecule has 1 heterocycles. The number of rotatable bonds is 8. The highest BCUT2D eigenvalue weighted by molar-refractivity contribution is 5.91. The van der Waals surface area contributed by atoms with Crippen LogP contribution in [0.5, 0.6) is 0 Å². The number of hydrogen-bond donors (Lipinski definition) is 1. The Hall–Kier alpha value is -2.14. The number of ether oxygens (including phenoxy) is 1. The highest BCUT2D eigenvalue weighted by atomic mass is 16.5. The summed E-state index contributed by atoms with van der Waals surface area (Å²) in [7, 11) is 1.44. The zero-order chi connectivity index (χ0) is 18.4. The van der Waals surface area contributed by atoms with Crippen LogP contribution >= 0.6 is 0 Å². The van der Waals surface area contributed by atoms with Crippen LogP contribution in [-0.4, -0.2) is 49.1 Å². The predicted molar refractivity (Wildman–Crippen MR) is 101 cm³/mol. The van der Waals surface area contributed by atoms with Crippen LogP contribution in [-0.2, 0) is 14.3 Å². The first-order valence-corrected chi connectivity index (χ1v) is 9.49. The van der Waals surface area contributed by atoms with Gasteiger partial charge in [0.2, 0.25) is 5.91 Å². The summed E-state index contributed by atoms with van der Waals surface area (Å²) in [5.74, 6) is 0.535. The van der Waals surface area contributed by atoms with Gasteiger partial charge in [0, 0.05) is 31.2 Å². The molecule has 1 saturated carbocycles. The van der Waals surface area contributed by atoms with Crippen molar-refractivity contribution in [2.75, 3.05) is 20.2 Å². The number of hydrogen-bond acceptors (Lipinski definition) is 4. The number of nitrogens with one attached hydrogen (secondary N) is 1. The minimum absolute atomic E-state index is 0.0726. The normalized spacial score (nSPS) is 23.3. The predicted octanol–water partition coefficient (Wildman–Crippen LogP) is 2.62. The van der Waals surface area contributed by atoms with Gasteiger partial charge < -0.3 is 10.1 Å². The van der Waals surface area contributed by atoms with Gasteiger partial charge in [-0.1, -0.05) is 30.3 Å². The summed E-state index contributed by atoms with van der Waals surface area (Å²) in [6.45, 7) is 1.66. The maximum absolute atomic E-state index is 12.1. The molecule has 2 aliphatic rings. The molecular weight excluding hydrogens is 328 g/mol. The van der Waals surface area contributed by atoms with Crippen LogP contribution < -0.4 is 5.32 Å². The summed E-state index contributed by atoms with van der Waals surface area (Å²) < 4.78 is 4.84. The molecule has 0 spiro atoms. The van der Waals surface area contributed by atoms with Gasteiger partial charge in [0.25, 0.3) is 0 Å². The van der Waals surface area contributed by atoms with Crippen LogP contribution in [0.1, 0.15) is 37.7 Å².